The van der Waals surface area contributed by atoms with Crippen molar-refractivity contribution in [3.8, 4) is 56.7 Å². The molecule has 0 aliphatic rings. The summed E-state index contributed by atoms with van der Waals surface area (Å²) in [5, 5.41) is 4.28. The molecule has 0 spiro atoms. The van der Waals surface area contributed by atoms with Crippen LogP contribution in [0, 0.1) is 0 Å². The van der Waals surface area contributed by atoms with Crippen LogP contribution in [-0.4, -0.2) is 19.9 Å². The minimum atomic E-state index is 0.585. The molecule has 0 aliphatic carbocycles. The molecule has 6 nitrogen and oxygen atoms in total. The van der Waals surface area contributed by atoms with Crippen LogP contribution >= 0.6 is 11.3 Å². The number of rotatable bonds is 5. The SMILES string of the molecule is c1ccc(-c2nc(-c3cccc4oc5ccc(-c6cccc(-c7nc8ccccc8o7)c6)cc5c34)nc(-c3cccc4sc5ccccc5c34)n2)cc1. The number of fused-ring (bicyclic) bond motifs is 7. The molecule has 0 saturated heterocycles. The summed E-state index contributed by atoms with van der Waals surface area (Å²) in [5.74, 6) is 2.42. The molecular formula is C46H26N4O2S. The molecule has 0 fully saturated rings. The monoisotopic (exact) mass is 698 g/mol. The molecule has 0 aliphatic heterocycles. The first-order valence-electron chi connectivity index (χ1n) is 17.4. The van der Waals surface area contributed by atoms with E-state index < -0.39 is 0 Å². The van der Waals surface area contributed by atoms with Gasteiger partial charge in [0.05, 0.1) is 0 Å². The van der Waals surface area contributed by atoms with Crippen molar-refractivity contribution < 1.29 is 8.83 Å². The van der Waals surface area contributed by atoms with Crippen LogP contribution in [0.4, 0.5) is 0 Å². The zero-order valence-electron chi connectivity index (χ0n) is 28.0. The number of oxazole rings is 1. The first-order chi connectivity index (χ1) is 26.2. The third-order valence-corrected chi connectivity index (χ3v) is 10.9. The highest BCUT2D eigenvalue weighted by atomic mass is 32.1. The van der Waals surface area contributed by atoms with Gasteiger partial charge in [0, 0.05) is 53.2 Å². The number of nitrogens with zero attached hydrogens (tertiary/aromatic N) is 4. The number of hydrogen-bond donors (Lipinski definition) is 0. The lowest BCUT2D eigenvalue weighted by Crippen LogP contribution is -2.00. The van der Waals surface area contributed by atoms with E-state index >= 15 is 0 Å². The molecule has 0 unspecified atom stereocenters. The van der Waals surface area contributed by atoms with Gasteiger partial charge in [0.25, 0.3) is 0 Å². The maximum absolute atomic E-state index is 6.46. The number of aromatic nitrogens is 4. The summed E-state index contributed by atoms with van der Waals surface area (Å²) in [6.07, 6.45) is 0. The van der Waals surface area contributed by atoms with Gasteiger partial charge in [-0.15, -0.1) is 11.3 Å². The normalized spacial score (nSPS) is 11.8. The van der Waals surface area contributed by atoms with Gasteiger partial charge in [-0.3, -0.25) is 0 Å². The van der Waals surface area contributed by atoms with E-state index in [1.54, 1.807) is 11.3 Å². The molecule has 7 heteroatoms. The molecule has 248 valence electrons. The van der Waals surface area contributed by atoms with Gasteiger partial charge in [0.2, 0.25) is 5.89 Å². The summed E-state index contributed by atoms with van der Waals surface area (Å²) in [5.41, 5.74) is 8.94. The van der Waals surface area contributed by atoms with E-state index in [-0.39, 0.29) is 0 Å². The number of para-hydroxylation sites is 2. The Morgan fingerprint density at radius 3 is 1.92 bits per heavy atom. The predicted molar refractivity (Wildman–Crippen MR) is 215 cm³/mol. The molecule has 53 heavy (non-hydrogen) atoms. The highest BCUT2D eigenvalue weighted by Gasteiger charge is 2.20. The van der Waals surface area contributed by atoms with E-state index in [1.165, 1.54) is 14.8 Å². The standard InChI is InChI=1S/C46H26N4O2S/c1-2-11-27(12-3-1)43-48-44(50-45(49-43)33-17-10-22-40-42(33)31-15-4-7-21-39(31)53-40)32-16-9-20-38-41(32)34-26-29(23-24-36(34)51-38)28-13-8-14-30(25-28)46-47-35-18-5-6-19-37(35)52-46/h1-26H. The average molecular weight is 699 g/mol. The Hall–Kier alpha value is -6.96. The second-order valence-electron chi connectivity index (χ2n) is 13.0. The van der Waals surface area contributed by atoms with Gasteiger partial charge < -0.3 is 8.83 Å². The van der Waals surface area contributed by atoms with E-state index in [9.17, 15) is 0 Å². The van der Waals surface area contributed by atoms with Gasteiger partial charge in [-0.05, 0) is 65.7 Å². The Morgan fingerprint density at radius 1 is 0.377 bits per heavy atom. The Bertz CT molecular complexity index is 3160. The van der Waals surface area contributed by atoms with Gasteiger partial charge in [0.1, 0.15) is 16.7 Å². The van der Waals surface area contributed by atoms with Crippen molar-refractivity contribution in [2.45, 2.75) is 0 Å². The second kappa shape index (κ2) is 11.8. The summed E-state index contributed by atoms with van der Waals surface area (Å²) in [7, 11) is 0. The zero-order chi connectivity index (χ0) is 34.9. The minimum absolute atomic E-state index is 0.585. The van der Waals surface area contributed by atoms with Crippen LogP contribution in [0.1, 0.15) is 0 Å². The predicted octanol–water partition coefficient (Wildman–Crippen LogP) is 12.6. The van der Waals surface area contributed by atoms with Crippen molar-refractivity contribution >= 4 is 64.5 Å². The van der Waals surface area contributed by atoms with Gasteiger partial charge >= 0.3 is 0 Å². The summed E-state index contributed by atoms with van der Waals surface area (Å²) >= 11 is 1.78. The van der Waals surface area contributed by atoms with Crippen molar-refractivity contribution in [3.05, 3.63) is 158 Å². The van der Waals surface area contributed by atoms with Crippen molar-refractivity contribution in [1.29, 1.82) is 0 Å². The maximum atomic E-state index is 6.46. The van der Waals surface area contributed by atoms with Crippen molar-refractivity contribution in [3.63, 3.8) is 0 Å². The molecule has 0 bridgehead atoms. The van der Waals surface area contributed by atoms with E-state index in [1.807, 2.05) is 84.9 Å². The molecule has 11 rings (SSSR count). The van der Waals surface area contributed by atoms with Crippen LogP contribution in [-0.2, 0) is 0 Å². The van der Waals surface area contributed by atoms with Crippen molar-refractivity contribution in [1.82, 2.24) is 19.9 Å². The first kappa shape index (κ1) is 29.7. The largest absolute Gasteiger partial charge is 0.456 e. The quantitative estimate of drug-likeness (QED) is 0.178. The Balaban J connectivity index is 1.10. The van der Waals surface area contributed by atoms with E-state index in [2.05, 4.69) is 72.8 Å². The second-order valence-corrected chi connectivity index (χ2v) is 14.1. The minimum Gasteiger partial charge on any atom is -0.456 e. The van der Waals surface area contributed by atoms with Crippen LogP contribution in [0.5, 0.6) is 0 Å². The smallest absolute Gasteiger partial charge is 0.227 e. The molecule has 0 saturated carbocycles. The Morgan fingerprint density at radius 2 is 1.04 bits per heavy atom. The molecule has 0 radical (unpaired) electrons. The summed E-state index contributed by atoms with van der Waals surface area (Å²) in [6.45, 7) is 0. The number of furan rings is 1. The van der Waals surface area contributed by atoms with E-state index in [0.29, 0.717) is 23.4 Å². The molecule has 11 aromatic rings. The highest BCUT2D eigenvalue weighted by molar-refractivity contribution is 7.25. The van der Waals surface area contributed by atoms with Crippen LogP contribution in [0.25, 0.3) is 110 Å². The molecular weight excluding hydrogens is 673 g/mol. The van der Waals surface area contributed by atoms with Gasteiger partial charge in [-0.25, -0.2) is 19.9 Å². The summed E-state index contributed by atoms with van der Waals surface area (Å²) in [6, 6.07) is 53.5. The van der Waals surface area contributed by atoms with Crippen LogP contribution in [0.3, 0.4) is 0 Å². The lowest BCUT2D eigenvalue weighted by Gasteiger charge is -2.10. The Labute approximate surface area is 306 Å². The van der Waals surface area contributed by atoms with Crippen LogP contribution in [0.2, 0.25) is 0 Å². The molecule has 7 aromatic carbocycles. The lowest BCUT2D eigenvalue weighted by atomic mass is 9.99. The van der Waals surface area contributed by atoms with Crippen LogP contribution < -0.4 is 0 Å². The first-order valence-corrected chi connectivity index (χ1v) is 18.2. The molecule has 4 aromatic heterocycles. The van der Waals surface area contributed by atoms with Gasteiger partial charge in [-0.1, -0.05) is 103 Å². The average Bonchev–Trinajstić information content (AvgIpc) is 3.94. The summed E-state index contributed by atoms with van der Waals surface area (Å²) < 4.78 is 15.0. The Kier molecular flexibility index (Phi) is 6.62. The number of benzene rings is 7. The van der Waals surface area contributed by atoms with E-state index in [4.69, 9.17) is 28.8 Å². The van der Waals surface area contributed by atoms with Crippen LogP contribution in [0.15, 0.2) is 167 Å². The lowest BCUT2D eigenvalue weighted by molar-refractivity contribution is 0.620. The molecule has 0 amide bonds. The number of thiophene rings is 1. The fourth-order valence-corrected chi connectivity index (χ4v) is 8.45. The molecule has 0 atom stereocenters. The summed E-state index contributed by atoms with van der Waals surface area (Å²) in [4.78, 5) is 20.2. The molecule has 0 N–H and O–H groups in total. The van der Waals surface area contributed by atoms with Crippen molar-refractivity contribution in [2.24, 2.45) is 0 Å². The molecule has 4 heterocycles. The third-order valence-electron chi connectivity index (χ3n) is 9.78. The maximum Gasteiger partial charge on any atom is 0.227 e. The van der Waals surface area contributed by atoms with Gasteiger partial charge in [-0.2, -0.15) is 0 Å². The van der Waals surface area contributed by atoms with Crippen molar-refractivity contribution in [2.75, 3.05) is 0 Å². The zero-order valence-corrected chi connectivity index (χ0v) is 28.8. The highest BCUT2D eigenvalue weighted by Crippen LogP contribution is 2.42. The number of hydrogen-bond acceptors (Lipinski definition) is 7. The van der Waals surface area contributed by atoms with E-state index in [0.717, 1.165) is 71.8 Å². The fourth-order valence-electron chi connectivity index (χ4n) is 7.31. The van der Waals surface area contributed by atoms with Gasteiger partial charge in [0.15, 0.2) is 23.1 Å². The fraction of sp³-hybridized carbons (Fsp3) is 0. The topological polar surface area (TPSA) is 77.8 Å². The third kappa shape index (κ3) is 4.93.